The fourth-order valence-electron chi connectivity index (χ4n) is 2.28. The summed E-state index contributed by atoms with van der Waals surface area (Å²) in [6.45, 7) is 3.78. The van der Waals surface area contributed by atoms with Crippen molar-refractivity contribution in [3.63, 3.8) is 0 Å². The number of hydrogen-bond acceptors (Lipinski definition) is 6. The van der Waals surface area contributed by atoms with E-state index in [0.29, 0.717) is 35.6 Å². The Labute approximate surface area is 166 Å². The topological polar surface area (TPSA) is 112 Å². The van der Waals surface area contributed by atoms with Crippen LogP contribution in [0.25, 0.3) is 0 Å². The third-order valence-corrected chi connectivity index (χ3v) is 4.86. The largest absolute Gasteiger partial charge is 0.386 e. The Morgan fingerprint density at radius 3 is 2.74 bits per heavy atom. The van der Waals surface area contributed by atoms with Crippen LogP contribution in [0.4, 0.5) is 11.4 Å². The highest BCUT2D eigenvalue weighted by molar-refractivity contribution is 7.16. The van der Waals surface area contributed by atoms with Gasteiger partial charge in [0, 0.05) is 30.6 Å². The Hall–Kier alpha value is -2.36. The van der Waals surface area contributed by atoms with Crippen LogP contribution in [0.15, 0.2) is 41.4 Å². The second kappa shape index (κ2) is 10.7. The summed E-state index contributed by atoms with van der Waals surface area (Å²) in [6.07, 6.45) is -0.719. The van der Waals surface area contributed by atoms with E-state index in [0.717, 1.165) is 4.88 Å². The average molecular weight is 412 g/mol. The van der Waals surface area contributed by atoms with Gasteiger partial charge in [-0.05, 0) is 25.1 Å². The van der Waals surface area contributed by atoms with Gasteiger partial charge in [0.2, 0.25) is 0 Å². The third kappa shape index (κ3) is 6.70. The van der Waals surface area contributed by atoms with Crippen molar-refractivity contribution >= 4 is 40.3 Å². The third-order valence-electron chi connectivity index (χ3n) is 3.52. The predicted molar refractivity (Wildman–Crippen MR) is 110 cm³/mol. The van der Waals surface area contributed by atoms with Crippen LogP contribution in [0.2, 0.25) is 4.34 Å². The predicted octanol–water partition coefficient (Wildman–Crippen LogP) is 3.01. The van der Waals surface area contributed by atoms with E-state index < -0.39 is 11.0 Å². The number of para-hydroxylation sites is 2. The van der Waals surface area contributed by atoms with E-state index in [4.69, 9.17) is 11.6 Å². The highest BCUT2D eigenvalue weighted by atomic mass is 35.5. The molecule has 1 heterocycles. The molecule has 1 unspecified atom stereocenters. The fourth-order valence-corrected chi connectivity index (χ4v) is 3.32. The summed E-state index contributed by atoms with van der Waals surface area (Å²) >= 11 is 7.20. The van der Waals surface area contributed by atoms with Gasteiger partial charge in [-0.1, -0.05) is 23.7 Å². The molecule has 0 bridgehead atoms. The zero-order valence-corrected chi connectivity index (χ0v) is 16.4. The maximum atomic E-state index is 11.0. The van der Waals surface area contributed by atoms with Crippen LogP contribution in [0.1, 0.15) is 17.9 Å². The summed E-state index contributed by atoms with van der Waals surface area (Å²) in [4.78, 5) is 15.7. The SMILES string of the molecule is CCNC(=NCC(O)c1ccc(Cl)s1)NCCNc1ccccc1[N+](=O)[O-]. The molecule has 2 aromatic rings. The summed E-state index contributed by atoms with van der Waals surface area (Å²) in [5.41, 5.74) is 0.507. The Balaban J connectivity index is 1.84. The molecular weight excluding hydrogens is 390 g/mol. The van der Waals surface area contributed by atoms with Crippen molar-refractivity contribution in [2.75, 3.05) is 31.5 Å². The maximum Gasteiger partial charge on any atom is 0.292 e. The number of anilines is 1. The number of nitro benzene ring substituents is 1. The Bertz CT molecular complexity index is 783. The molecule has 0 spiro atoms. The second-order valence-corrected chi connectivity index (χ2v) is 7.25. The van der Waals surface area contributed by atoms with Crippen LogP contribution in [-0.2, 0) is 0 Å². The van der Waals surface area contributed by atoms with Gasteiger partial charge in [-0.15, -0.1) is 11.3 Å². The number of benzene rings is 1. The Morgan fingerprint density at radius 2 is 2.07 bits per heavy atom. The molecule has 146 valence electrons. The fraction of sp³-hybridized carbons (Fsp3) is 0.353. The normalized spacial score (nSPS) is 12.5. The van der Waals surface area contributed by atoms with Crippen molar-refractivity contribution in [2.45, 2.75) is 13.0 Å². The number of hydrogen-bond donors (Lipinski definition) is 4. The number of nitrogens with one attached hydrogen (secondary N) is 3. The number of guanidine groups is 1. The van der Waals surface area contributed by atoms with Gasteiger partial charge in [-0.25, -0.2) is 0 Å². The Kier molecular flexibility index (Phi) is 8.31. The molecule has 1 aromatic carbocycles. The molecule has 0 radical (unpaired) electrons. The minimum atomic E-state index is -0.719. The number of thiophene rings is 1. The van der Waals surface area contributed by atoms with E-state index in [1.165, 1.54) is 17.4 Å². The molecule has 0 aliphatic rings. The van der Waals surface area contributed by atoms with E-state index in [1.54, 1.807) is 30.3 Å². The minimum absolute atomic E-state index is 0.0378. The highest BCUT2D eigenvalue weighted by Gasteiger charge is 2.12. The summed E-state index contributed by atoms with van der Waals surface area (Å²) in [7, 11) is 0. The molecule has 0 fully saturated rings. The van der Waals surface area contributed by atoms with Gasteiger partial charge in [0.1, 0.15) is 11.8 Å². The zero-order valence-electron chi connectivity index (χ0n) is 14.8. The molecule has 0 saturated carbocycles. The summed E-state index contributed by atoms with van der Waals surface area (Å²) < 4.78 is 0.624. The molecule has 2 rings (SSSR count). The molecule has 4 N–H and O–H groups in total. The summed E-state index contributed by atoms with van der Waals surface area (Å²) in [6, 6.07) is 10.0. The van der Waals surface area contributed by atoms with E-state index >= 15 is 0 Å². The molecule has 1 atom stereocenters. The van der Waals surface area contributed by atoms with E-state index in [2.05, 4.69) is 20.9 Å². The summed E-state index contributed by atoms with van der Waals surface area (Å²) in [5.74, 6) is 0.559. The number of aliphatic imine (C=N–C) groups is 1. The van der Waals surface area contributed by atoms with E-state index in [9.17, 15) is 15.2 Å². The van der Waals surface area contributed by atoms with Crippen molar-refractivity contribution < 1.29 is 10.0 Å². The number of rotatable bonds is 9. The first-order valence-electron chi connectivity index (χ1n) is 8.44. The average Bonchev–Trinajstić information content (AvgIpc) is 3.09. The van der Waals surface area contributed by atoms with Crippen LogP contribution < -0.4 is 16.0 Å². The van der Waals surface area contributed by atoms with E-state index in [1.807, 2.05) is 6.92 Å². The lowest BCUT2D eigenvalue weighted by Crippen LogP contribution is -2.39. The standard InChI is InChI=1S/C17H22ClN5O3S/c1-2-19-17(22-11-14(24)15-7-8-16(18)27-15)21-10-9-20-12-5-3-4-6-13(12)23(25)26/h3-8,14,20,24H,2,9-11H2,1H3,(H2,19,21,22). The highest BCUT2D eigenvalue weighted by Crippen LogP contribution is 2.27. The molecule has 0 aliphatic carbocycles. The minimum Gasteiger partial charge on any atom is -0.386 e. The number of aliphatic hydroxyl groups excluding tert-OH is 1. The quantitative estimate of drug-likeness (QED) is 0.166. The van der Waals surface area contributed by atoms with Gasteiger partial charge in [0.25, 0.3) is 5.69 Å². The van der Waals surface area contributed by atoms with Crippen LogP contribution in [-0.4, -0.2) is 42.2 Å². The van der Waals surface area contributed by atoms with Gasteiger partial charge < -0.3 is 21.1 Å². The maximum absolute atomic E-state index is 11.0. The van der Waals surface area contributed by atoms with E-state index in [-0.39, 0.29) is 12.2 Å². The van der Waals surface area contributed by atoms with Crippen molar-refractivity contribution in [1.29, 1.82) is 0 Å². The lowest BCUT2D eigenvalue weighted by atomic mass is 10.2. The lowest BCUT2D eigenvalue weighted by molar-refractivity contribution is -0.384. The number of nitrogens with zero attached hydrogens (tertiary/aromatic N) is 2. The molecule has 8 nitrogen and oxygen atoms in total. The van der Waals surface area contributed by atoms with Crippen molar-refractivity contribution in [3.05, 3.63) is 55.7 Å². The van der Waals surface area contributed by atoms with Crippen molar-refractivity contribution in [1.82, 2.24) is 10.6 Å². The van der Waals surface area contributed by atoms with Crippen LogP contribution in [0, 0.1) is 10.1 Å². The monoisotopic (exact) mass is 411 g/mol. The molecule has 0 amide bonds. The molecule has 10 heteroatoms. The molecule has 0 saturated heterocycles. The van der Waals surface area contributed by atoms with Crippen molar-refractivity contribution in [2.24, 2.45) is 4.99 Å². The van der Waals surface area contributed by atoms with Gasteiger partial charge >= 0.3 is 0 Å². The first kappa shape index (κ1) is 20.9. The second-order valence-electron chi connectivity index (χ2n) is 5.51. The van der Waals surface area contributed by atoms with Gasteiger partial charge in [0.05, 0.1) is 15.8 Å². The van der Waals surface area contributed by atoms with Crippen molar-refractivity contribution in [3.8, 4) is 0 Å². The van der Waals surface area contributed by atoms with Gasteiger partial charge in [-0.3, -0.25) is 15.1 Å². The van der Waals surface area contributed by atoms with Crippen LogP contribution >= 0.6 is 22.9 Å². The van der Waals surface area contributed by atoms with Gasteiger partial charge in [-0.2, -0.15) is 0 Å². The molecule has 0 aliphatic heterocycles. The molecular formula is C17H22ClN5O3S. The smallest absolute Gasteiger partial charge is 0.292 e. The first-order chi connectivity index (χ1) is 13.0. The lowest BCUT2D eigenvalue weighted by Gasteiger charge is -2.13. The Morgan fingerprint density at radius 1 is 1.30 bits per heavy atom. The zero-order chi connectivity index (χ0) is 19.6. The number of aliphatic hydroxyl groups is 1. The number of halogens is 1. The molecule has 1 aromatic heterocycles. The van der Waals surface area contributed by atoms with Gasteiger partial charge in [0.15, 0.2) is 5.96 Å². The molecule has 27 heavy (non-hydrogen) atoms. The van der Waals surface area contributed by atoms with Crippen LogP contribution in [0.3, 0.4) is 0 Å². The van der Waals surface area contributed by atoms with Crippen LogP contribution in [0.5, 0.6) is 0 Å². The number of nitro groups is 1. The summed E-state index contributed by atoms with van der Waals surface area (Å²) in [5, 5.41) is 30.4. The first-order valence-corrected chi connectivity index (χ1v) is 9.63.